The van der Waals surface area contributed by atoms with Crippen molar-refractivity contribution < 1.29 is 0 Å². The van der Waals surface area contributed by atoms with E-state index in [4.69, 9.17) is 0 Å². The van der Waals surface area contributed by atoms with Crippen molar-refractivity contribution in [2.75, 3.05) is 9.80 Å². The highest BCUT2D eigenvalue weighted by Gasteiger charge is 2.19. The van der Waals surface area contributed by atoms with Crippen LogP contribution in [0.4, 0.5) is 34.1 Å². The van der Waals surface area contributed by atoms with Gasteiger partial charge in [-0.15, -0.1) is 0 Å². The van der Waals surface area contributed by atoms with Crippen molar-refractivity contribution in [3.8, 4) is 22.3 Å². The molecular formula is C71H70N2. The van der Waals surface area contributed by atoms with E-state index < -0.39 is 0 Å². The molecule has 73 heavy (non-hydrogen) atoms. The van der Waals surface area contributed by atoms with Crippen LogP contribution in [0.15, 0.2) is 182 Å². The highest BCUT2D eigenvalue weighted by molar-refractivity contribution is 5.87. The summed E-state index contributed by atoms with van der Waals surface area (Å²) in [6, 6.07) is 67.7. The molecule has 0 unspecified atom stereocenters. The standard InChI is InChI=1S/C71H70N2/c1-47-13-37-67(52(6)41-47)72(68-38-14-48(2)42-53(68)7)64-33-19-56(20-34-64)17-23-61-46-66(60-27-25-58(26-28-60)59-29-31-63(32-30-59)71(10,11)12)62(45-51(61)5)24-18-57-21-35-65(36-22-57)73(69-39-15-49(3)43-54(69)8)70-40-16-50(4)44-55(70)9/h13-46H,1-12H3/b23-17+,24-18+. The number of nitrogens with zero attached hydrogens (tertiary/aromatic N) is 2. The van der Waals surface area contributed by atoms with Gasteiger partial charge in [0.1, 0.15) is 0 Å². The summed E-state index contributed by atoms with van der Waals surface area (Å²) in [7, 11) is 0. The molecule has 0 N–H and O–H groups in total. The minimum Gasteiger partial charge on any atom is -0.310 e. The lowest BCUT2D eigenvalue weighted by molar-refractivity contribution is 0.590. The van der Waals surface area contributed by atoms with E-state index in [9.17, 15) is 0 Å². The Morgan fingerprint density at radius 1 is 0.301 bits per heavy atom. The van der Waals surface area contributed by atoms with Crippen molar-refractivity contribution in [3.63, 3.8) is 0 Å². The molecule has 0 amide bonds. The Kier molecular flexibility index (Phi) is 14.4. The summed E-state index contributed by atoms with van der Waals surface area (Å²) in [5, 5.41) is 0. The fourth-order valence-electron chi connectivity index (χ4n) is 10.2. The predicted molar refractivity (Wildman–Crippen MR) is 319 cm³/mol. The second kappa shape index (κ2) is 21.0. The van der Waals surface area contributed by atoms with Crippen molar-refractivity contribution in [1.82, 2.24) is 0 Å². The molecule has 364 valence electrons. The average molecular weight is 951 g/mol. The Hall–Kier alpha value is -7.94. The molecule has 0 aliphatic heterocycles. The van der Waals surface area contributed by atoms with Crippen LogP contribution in [0.5, 0.6) is 0 Å². The van der Waals surface area contributed by atoms with E-state index in [1.807, 2.05) is 0 Å². The third-order valence-corrected chi connectivity index (χ3v) is 14.3. The fourth-order valence-corrected chi connectivity index (χ4v) is 10.2. The second-order valence-electron chi connectivity index (χ2n) is 21.4. The van der Waals surface area contributed by atoms with Crippen LogP contribution < -0.4 is 9.80 Å². The van der Waals surface area contributed by atoms with Crippen molar-refractivity contribution in [1.29, 1.82) is 0 Å². The minimum atomic E-state index is 0.111. The molecule has 0 heterocycles. The van der Waals surface area contributed by atoms with Gasteiger partial charge in [0, 0.05) is 34.1 Å². The summed E-state index contributed by atoms with van der Waals surface area (Å²) >= 11 is 0. The van der Waals surface area contributed by atoms with E-state index in [1.54, 1.807) is 0 Å². The maximum absolute atomic E-state index is 2.40. The zero-order valence-electron chi connectivity index (χ0n) is 45.0. The van der Waals surface area contributed by atoms with Crippen LogP contribution in [0.1, 0.15) is 98.7 Å². The summed E-state index contributed by atoms with van der Waals surface area (Å²) in [6.07, 6.45) is 9.05. The van der Waals surface area contributed by atoms with Crippen LogP contribution in [0.2, 0.25) is 0 Å². The average Bonchev–Trinajstić information content (AvgIpc) is 3.36. The van der Waals surface area contributed by atoms with Crippen LogP contribution in [-0.2, 0) is 5.41 Å². The van der Waals surface area contributed by atoms with E-state index in [2.05, 4.69) is 299 Å². The summed E-state index contributed by atoms with van der Waals surface area (Å²) in [5.41, 5.74) is 29.2. The van der Waals surface area contributed by atoms with Crippen LogP contribution >= 0.6 is 0 Å². The van der Waals surface area contributed by atoms with Gasteiger partial charge >= 0.3 is 0 Å². The molecule has 0 fully saturated rings. The maximum Gasteiger partial charge on any atom is 0.0491 e. The SMILES string of the molecule is Cc1ccc(N(c2ccc(/C=C/c3cc(-c4ccc(-c5ccc(C(C)(C)C)cc5)cc4)c(/C=C/c4ccc(N(c5ccc(C)cc5C)c5ccc(C)cc5C)cc4)cc3C)cc2)c2ccc(C)cc2C)c(C)c1. The fraction of sp³-hybridized carbons (Fsp3) is 0.183. The molecule has 0 atom stereocenters. The molecule has 2 heteroatoms. The van der Waals surface area contributed by atoms with Gasteiger partial charge < -0.3 is 9.80 Å². The van der Waals surface area contributed by atoms with Gasteiger partial charge in [0.05, 0.1) is 0 Å². The third kappa shape index (κ3) is 11.3. The van der Waals surface area contributed by atoms with E-state index in [0.717, 1.165) is 22.5 Å². The zero-order chi connectivity index (χ0) is 51.6. The first-order valence-electron chi connectivity index (χ1n) is 25.8. The summed E-state index contributed by atoms with van der Waals surface area (Å²) in [5.74, 6) is 0. The number of hydrogen-bond acceptors (Lipinski definition) is 2. The van der Waals surface area contributed by atoms with Gasteiger partial charge in [-0.1, -0.05) is 195 Å². The molecule has 0 bridgehead atoms. The normalized spacial score (nSPS) is 11.7. The second-order valence-corrected chi connectivity index (χ2v) is 21.4. The molecule has 2 nitrogen and oxygen atoms in total. The molecule has 0 saturated carbocycles. The van der Waals surface area contributed by atoms with Crippen LogP contribution in [-0.4, -0.2) is 0 Å². The molecular weight excluding hydrogens is 881 g/mol. The minimum absolute atomic E-state index is 0.111. The quantitative estimate of drug-likeness (QED) is 0.113. The molecule has 0 saturated heterocycles. The Labute approximate surface area is 436 Å². The Balaban J connectivity index is 1.05. The molecule has 9 rings (SSSR count). The number of aryl methyl sites for hydroxylation is 9. The predicted octanol–water partition coefficient (Wildman–Crippen LogP) is 20.4. The van der Waals surface area contributed by atoms with Crippen molar-refractivity contribution in [3.05, 3.63) is 260 Å². The van der Waals surface area contributed by atoms with Gasteiger partial charge in [0.25, 0.3) is 0 Å². The maximum atomic E-state index is 2.40. The van der Waals surface area contributed by atoms with Crippen LogP contribution in [0, 0.1) is 62.3 Å². The van der Waals surface area contributed by atoms with Gasteiger partial charge in [-0.3, -0.25) is 0 Å². The van der Waals surface area contributed by atoms with E-state index >= 15 is 0 Å². The van der Waals surface area contributed by atoms with Gasteiger partial charge in [0.2, 0.25) is 0 Å². The van der Waals surface area contributed by atoms with Crippen LogP contribution in [0.25, 0.3) is 46.6 Å². The van der Waals surface area contributed by atoms with Gasteiger partial charge in [0.15, 0.2) is 0 Å². The Morgan fingerprint density at radius 2 is 0.644 bits per heavy atom. The van der Waals surface area contributed by atoms with Crippen LogP contribution in [0.3, 0.4) is 0 Å². The third-order valence-electron chi connectivity index (χ3n) is 14.3. The molecule has 0 aromatic heterocycles. The Morgan fingerprint density at radius 3 is 1.00 bits per heavy atom. The first-order valence-corrected chi connectivity index (χ1v) is 25.8. The van der Waals surface area contributed by atoms with E-state index in [-0.39, 0.29) is 5.41 Å². The first kappa shape index (κ1) is 50.0. The number of rotatable bonds is 12. The molecule has 0 aliphatic carbocycles. The van der Waals surface area contributed by atoms with Gasteiger partial charge in [-0.2, -0.15) is 0 Å². The van der Waals surface area contributed by atoms with Crippen molar-refractivity contribution in [2.45, 2.75) is 88.5 Å². The largest absolute Gasteiger partial charge is 0.310 e. The summed E-state index contributed by atoms with van der Waals surface area (Å²) in [4.78, 5) is 4.79. The monoisotopic (exact) mass is 951 g/mol. The summed E-state index contributed by atoms with van der Waals surface area (Å²) in [6.45, 7) is 26.5. The number of benzene rings is 9. The van der Waals surface area contributed by atoms with Crippen molar-refractivity contribution >= 4 is 58.4 Å². The zero-order valence-corrected chi connectivity index (χ0v) is 45.0. The van der Waals surface area contributed by atoms with Gasteiger partial charge in [-0.05, 0) is 200 Å². The molecule has 9 aromatic rings. The lowest BCUT2D eigenvalue weighted by Gasteiger charge is -2.29. The Bertz CT molecular complexity index is 3380. The molecule has 0 spiro atoms. The van der Waals surface area contributed by atoms with Crippen molar-refractivity contribution in [2.24, 2.45) is 0 Å². The molecule has 0 radical (unpaired) electrons. The van der Waals surface area contributed by atoms with E-state index in [1.165, 1.54) is 112 Å². The lowest BCUT2D eigenvalue weighted by atomic mass is 9.86. The lowest BCUT2D eigenvalue weighted by Crippen LogP contribution is -2.12. The topological polar surface area (TPSA) is 6.48 Å². The molecule has 9 aromatic carbocycles. The number of hydrogen-bond donors (Lipinski definition) is 0. The summed E-state index contributed by atoms with van der Waals surface area (Å²) < 4.78 is 0. The van der Waals surface area contributed by atoms with E-state index in [0.29, 0.717) is 0 Å². The first-order chi connectivity index (χ1) is 35.0. The van der Waals surface area contributed by atoms with Gasteiger partial charge in [-0.25, -0.2) is 0 Å². The smallest absolute Gasteiger partial charge is 0.0491 e. The molecule has 0 aliphatic rings. The number of anilines is 6. The highest BCUT2D eigenvalue weighted by Crippen LogP contribution is 2.41. The highest BCUT2D eigenvalue weighted by atomic mass is 15.2.